The van der Waals surface area contributed by atoms with E-state index in [1.54, 1.807) is 31.2 Å². The van der Waals surface area contributed by atoms with Crippen LogP contribution < -0.4 is 10.0 Å². The van der Waals surface area contributed by atoms with Gasteiger partial charge in [-0.2, -0.15) is 0 Å². The number of aliphatic hydroxyl groups excluding tert-OH is 1. The van der Waals surface area contributed by atoms with Crippen molar-refractivity contribution < 1.29 is 22.5 Å². The summed E-state index contributed by atoms with van der Waals surface area (Å²) in [5.74, 6) is -0.499. The van der Waals surface area contributed by atoms with Crippen molar-refractivity contribution in [1.82, 2.24) is 20.0 Å². The van der Waals surface area contributed by atoms with Crippen LogP contribution in [0, 0.1) is 17.7 Å². The maximum absolute atomic E-state index is 12.2. The molecule has 0 atom stereocenters. The van der Waals surface area contributed by atoms with Crippen molar-refractivity contribution in [3.8, 4) is 11.3 Å². The van der Waals surface area contributed by atoms with E-state index in [1.165, 1.54) is 18.3 Å². The zero-order chi connectivity index (χ0) is 24.7. The Hall–Kier alpha value is -3.51. The van der Waals surface area contributed by atoms with Gasteiger partial charge in [-0.1, -0.05) is 24.3 Å². The third-order valence-corrected chi connectivity index (χ3v) is 6.31. The van der Waals surface area contributed by atoms with Gasteiger partial charge in [0.05, 0.1) is 29.1 Å². The molecule has 34 heavy (non-hydrogen) atoms. The van der Waals surface area contributed by atoms with Gasteiger partial charge in [-0.05, 0) is 43.8 Å². The number of ether oxygens (including phenoxy) is 1. The Morgan fingerprint density at radius 2 is 1.76 bits per heavy atom. The lowest BCUT2D eigenvalue weighted by molar-refractivity contribution is 0.301. The Bertz CT molecular complexity index is 1290. The number of rotatable bonds is 9. The average molecular weight is 489 g/mol. The maximum atomic E-state index is 12.2. The van der Waals surface area contributed by atoms with E-state index in [2.05, 4.69) is 20.0 Å². The molecule has 5 N–H and O–H groups in total. The smallest absolute Gasteiger partial charge is 0.241 e. The Balaban J connectivity index is 0.00000432. The van der Waals surface area contributed by atoms with E-state index in [-0.39, 0.29) is 39.8 Å². The highest BCUT2D eigenvalue weighted by Gasteiger charge is 2.17. The normalized spacial score (nSPS) is 11.3. The van der Waals surface area contributed by atoms with Gasteiger partial charge in [0.25, 0.3) is 0 Å². The topological polar surface area (TPSA) is 161 Å². The number of hydrogen-bond donors (Lipinski definition) is 5. The highest BCUT2D eigenvalue weighted by molar-refractivity contribution is 7.89. The molecule has 0 spiro atoms. The van der Waals surface area contributed by atoms with Crippen molar-refractivity contribution >= 4 is 21.8 Å². The van der Waals surface area contributed by atoms with Crippen molar-refractivity contribution in [1.29, 1.82) is 10.8 Å². The predicted octanol–water partition coefficient (Wildman–Crippen LogP) is 2.55. The molecule has 0 amide bonds. The second-order valence-electron chi connectivity index (χ2n) is 7.32. The van der Waals surface area contributed by atoms with Crippen molar-refractivity contribution in [2.45, 2.75) is 18.4 Å². The van der Waals surface area contributed by atoms with Crippen LogP contribution in [0.1, 0.15) is 26.8 Å². The Labute approximate surface area is 202 Å². The Morgan fingerprint density at radius 1 is 1.09 bits per heavy atom. The molecule has 0 saturated carbocycles. The number of benzene rings is 2. The lowest BCUT2D eigenvalue weighted by Crippen LogP contribution is -2.26. The summed E-state index contributed by atoms with van der Waals surface area (Å²) in [5, 5.41) is 28.4. The van der Waals surface area contributed by atoms with Crippen LogP contribution in [0.15, 0.2) is 59.6 Å². The number of nitrogens with one attached hydrogen (secondary N) is 4. The van der Waals surface area contributed by atoms with E-state index in [9.17, 15) is 8.42 Å². The van der Waals surface area contributed by atoms with Gasteiger partial charge >= 0.3 is 0 Å². The summed E-state index contributed by atoms with van der Waals surface area (Å²) in [5.41, 5.74) is 3.24. The zero-order valence-corrected chi connectivity index (χ0v) is 19.6. The molecule has 2 aromatic carbocycles. The van der Waals surface area contributed by atoms with E-state index >= 15 is 0 Å². The first kappa shape index (κ1) is 25.1. The predicted molar refractivity (Wildman–Crippen MR) is 135 cm³/mol. The zero-order valence-electron chi connectivity index (χ0n) is 18.8. The van der Waals surface area contributed by atoms with Gasteiger partial charge in [0.2, 0.25) is 21.8 Å². The summed E-state index contributed by atoms with van der Waals surface area (Å²) < 4.78 is 32.1. The maximum Gasteiger partial charge on any atom is 0.241 e. The molecule has 184 valence electrons. The molecule has 1 aromatic heterocycles. The summed E-state index contributed by atoms with van der Waals surface area (Å²) in [4.78, 5) is 8.79. The van der Waals surface area contributed by atoms with Gasteiger partial charge in [0.1, 0.15) is 5.69 Å². The van der Waals surface area contributed by atoms with Crippen LogP contribution in [0.25, 0.3) is 11.3 Å². The highest BCUT2D eigenvalue weighted by Crippen LogP contribution is 2.21. The van der Waals surface area contributed by atoms with Crippen LogP contribution in [0.2, 0.25) is 0 Å². The monoisotopic (exact) mass is 488 g/mol. The van der Waals surface area contributed by atoms with Crippen LogP contribution in [-0.4, -0.2) is 55.5 Å². The van der Waals surface area contributed by atoms with Crippen molar-refractivity contribution in [2.24, 2.45) is 0 Å². The number of nitrogens with zero attached hydrogens (tertiary/aromatic N) is 2. The minimum atomic E-state index is -3.72. The Kier molecular flexibility index (Phi) is 8.18. The fourth-order valence-corrected chi connectivity index (χ4v) is 4.08. The quantitative estimate of drug-likeness (QED) is 0.228. The molecular formula is C23H32N6O4S. The molecule has 0 fully saturated rings. The van der Waals surface area contributed by atoms with Crippen LogP contribution in [-0.2, 0) is 21.3 Å². The van der Waals surface area contributed by atoms with Gasteiger partial charge in [0, 0.05) is 28.5 Å². The van der Waals surface area contributed by atoms with E-state index in [1.807, 2.05) is 19.2 Å². The second-order valence-corrected chi connectivity index (χ2v) is 9.09. The highest BCUT2D eigenvalue weighted by atomic mass is 32.2. The third kappa shape index (κ3) is 6.08. The molecule has 0 aliphatic carbocycles. The fraction of sp³-hybridized carbons (Fsp3) is 0.217. The molecule has 0 bridgehead atoms. The molecule has 3 rings (SSSR count). The Morgan fingerprint density at radius 3 is 2.38 bits per heavy atom. The molecule has 0 saturated heterocycles. The molecule has 0 aliphatic rings. The third-order valence-electron chi connectivity index (χ3n) is 4.84. The minimum absolute atomic E-state index is 0. The van der Waals surface area contributed by atoms with E-state index in [0.717, 1.165) is 5.56 Å². The van der Waals surface area contributed by atoms with Crippen LogP contribution in [0.5, 0.6) is 0 Å². The van der Waals surface area contributed by atoms with Gasteiger partial charge < -0.3 is 15.2 Å². The summed E-state index contributed by atoms with van der Waals surface area (Å²) in [6.07, 6.45) is 1.52. The molecule has 3 aromatic rings. The van der Waals surface area contributed by atoms with Gasteiger partial charge in [-0.3, -0.25) is 15.8 Å². The van der Waals surface area contributed by atoms with Gasteiger partial charge in [0.15, 0.2) is 0 Å². The first-order valence-corrected chi connectivity index (χ1v) is 11.9. The lowest BCUT2D eigenvalue weighted by Gasteiger charge is -2.11. The van der Waals surface area contributed by atoms with Crippen LogP contribution >= 0.6 is 0 Å². The molecule has 11 heteroatoms. The number of hydrogen-bond acceptors (Lipinski definition) is 9. The van der Waals surface area contributed by atoms with Crippen LogP contribution in [0.3, 0.4) is 0 Å². The van der Waals surface area contributed by atoms with Crippen molar-refractivity contribution in [2.75, 3.05) is 20.2 Å². The van der Waals surface area contributed by atoms with Crippen molar-refractivity contribution in [3.63, 3.8) is 0 Å². The minimum Gasteiger partial charge on any atom is -0.419 e. The van der Waals surface area contributed by atoms with E-state index in [0.29, 0.717) is 29.1 Å². The number of aliphatic hydroxyl groups is 1. The second kappa shape index (κ2) is 11.1. The van der Waals surface area contributed by atoms with Crippen LogP contribution in [0.4, 0.5) is 0 Å². The standard InChI is InChI=1S/C23H26N6O4S.3H2/c1-15-21(23(25)33-22(24)18-5-3-16(4-6-18)13-26-2)29-20(14-27-15)17-7-9-19(10-8-17)34(31,32)28-11-12-30;;;/h3-10,14,24-26,28,30H,11-13H2,1-2H3;3*1H. The SMILES string of the molecule is CNCc1ccc(C(=N)OC(=N)c2nc(-c3ccc(S(=O)(=O)NCCO)cc3)cnc2C)cc1.[HH].[HH].[HH]. The summed E-state index contributed by atoms with van der Waals surface area (Å²) in [6, 6.07) is 13.3. The first-order chi connectivity index (χ1) is 16.2. The largest absolute Gasteiger partial charge is 0.419 e. The molecular weight excluding hydrogens is 456 g/mol. The summed E-state index contributed by atoms with van der Waals surface area (Å²) in [6.45, 7) is 2.01. The van der Waals surface area contributed by atoms with E-state index in [4.69, 9.17) is 20.7 Å². The average Bonchev–Trinajstić information content (AvgIpc) is 2.83. The number of sulfonamides is 1. The van der Waals surface area contributed by atoms with E-state index < -0.39 is 10.0 Å². The van der Waals surface area contributed by atoms with Gasteiger partial charge in [-0.15, -0.1) is 0 Å². The number of aryl methyl sites for hydroxylation is 1. The molecule has 0 radical (unpaired) electrons. The van der Waals surface area contributed by atoms with Gasteiger partial charge in [-0.25, -0.2) is 18.1 Å². The summed E-state index contributed by atoms with van der Waals surface area (Å²) >= 11 is 0. The molecule has 0 unspecified atom stereocenters. The fourth-order valence-electron chi connectivity index (χ4n) is 3.06. The molecule has 1 heterocycles. The first-order valence-electron chi connectivity index (χ1n) is 10.4. The summed E-state index contributed by atoms with van der Waals surface area (Å²) in [7, 11) is -1.87. The van der Waals surface area contributed by atoms with Crippen molar-refractivity contribution in [3.05, 3.63) is 77.2 Å². The molecule has 10 nitrogen and oxygen atoms in total. The lowest BCUT2D eigenvalue weighted by atomic mass is 10.1. The number of aromatic nitrogens is 2. The molecule has 0 aliphatic heterocycles.